The van der Waals surface area contributed by atoms with Gasteiger partial charge in [0.05, 0.1) is 17.8 Å². The molecule has 2 aromatic rings. The molecule has 114 valence electrons. The van der Waals surface area contributed by atoms with E-state index in [1.165, 1.54) is 29.1 Å². The largest absolute Gasteiger partial charge is 0.350 e. The van der Waals surface area contributed by atoms with Crippen LogP contribution in [-0.4, -0.2) is 27.2 Å². The average molecular weight is 300 g/mol. The highest BCUT2D eigenvalue weighted by Crippen LogP contribution is 2.38. The Morgan fingerprint density at radius 2 is 2.09 bits per heavy atom. The third kappa shape index (κ3) is 3.30. The summed E-state index contributed by atoms with van der Waals surface area (Å²) in [6.45, 7) is 0.605. The number of aromatic nitrogens is 3. The first-order valence-electron chi connectivity index (χ1n) is 7.18. The third-order valence-electron chi connectivity index (χ3n) is 3.54. The summed E-state index contributed by atoms with van der Waals surface area (Å²) in [5, 5.41) is 7.02. The van der Waals surface area contributed by atoms with Crippen molar-refractivity contribution in [2.24, 2.45) is 0 Å². The standard InChI is InChI=1S/C15H16N4O3/c20-13-5-3-11(9-17-13)15(22)16-7-8-19-14(21)6-4-12(18-19)10-1-2-10/h3-6,9-10H,1-2,7-8H2,(H,16,22)(H,17,20). The van der Waals surface area contributed by atoms with Crippen LogP contribution in [-0.2, 0) is 6.54 Å². The van der Waals surface area contributed by atoms with E-state index in [1.54, 1.807) is 6.07 Å². The van der Waals surface area contributed by atoms with Crippen LogP contribution in [0.15, 0.2) is 40.1 Å². The quantitative estimate of drug-likeness (QED) is 0.826. The molecule has 7 heteroatoms. The van der Waals surface area contributed by atoms with Gasteiger partial charge in [-0.05, 0) is 25.0 Å². The van der Waals surface area contributed by atoms with Crippen molar-refractivity contribution in [2.45, 2.75) is 25.3 Å². The molecule has 2 heterocycles. The lowest BCUT2D eigenvalue weighted by molar-refractivity contribution is 0.0951. The highest BCUT2D eigenvalue weighted by molar-refractivity contribution is 5.93. The zero-order chi connectivity index (χ0) is 15.5. The van der Waals surface area contributed by atoms with E-state index in [0.29, 0.717) is 24.6 Å². The molecular weight excluding hydrogens is 284 g/mol. The van der Waals surface area contributed by atoms with E-state index in [9.17, 15) is 14.4 Å². The highest BCUT2D eigenvalue weighted by Gasteiger charge is 2.25. The molecule has 2 aromatic heterocycles. The minimum absolute atomic E-state index is 0.178. The topological polar surface area (TPSA) is 96.8 Å². The van der Waals surface area contributed by atoms with Crippen LogP contribution in [0, 0.1) is 0 Å². The molecule has 0 spiro atoms. The second-order valence-electron chi connectivity index (χ2n) is 5.29. The Hall–Kier alpha value is -2.70. The molecule has 0 bridgehead atoms. The average Bonchev–Trinajstić information content (AvgIpc) is 3.34. The molecule has 0 radical (unpaired) electrons. The fraction of sp³-hybridized carbons (Fsp3) is 0.333. The Morgan fingerprint density at radius 1 is 1.27 bits per heavy atom. The predicted octanol–water partition coefficient (Wildman–Crippen LogP) is 0.239. The van der Waals surface area contributed by atoms with Crippen LogP contribution in [0.4, 0.5) is 0 Å². The van der Waals surface area contributed by atoms with Crippen molar-refractivity contribution in [3.05, 3.63) is 62.4 Å². The van der Waals surface area contributed by atoms with Gasteiger partial charge in [0, 0.05) is 30.8 Å². The fourth-order valence-corrected chi connectivity index (χ4v) is 2.15. The molecule has 1 aliphatic rings. The van der Waals surface area contributed by atoms with E-state index in [1.807, 2.05) is 0 Å². The molecule has 0 atom stereocenters. The summed E-state index contributed by atoms with van der Waals surface area (Å²) in [5.41, 5.74) is 0.866. The van der Waals surface area contributed by atoms with Crippen LogP contribution >= 0.6 is 0 Å². The number of H-pyrrole nitrogens is 1. The van der Waals surface area contributed by atoms with E-state index >= 15 is 0 Å². The second kappa shape index (κ2) is 5.97. The van der Waals surface area contributed by atoms with Gasteiger partial charge < -0.3 is 10.3 Å². The van der Waals surface area contributed by atoms with Crippen molar-refractivity contribution in [3.63, 3.8) is 0 Å². The molecule has 2 N–H and O–H groups in total. The van der Waals surface area contributed by atoms with Crippen LogP contribution in [0.3, 0.4) is 0 Å². The van der Waals surface area contributed by atoms with Gasteiger partial charge in [0.15, 0.2) is 0 Å². The Labute approximate surface area is 126 Å². The highest BCUT2D eigenvalue weighted by atomic mass is 16.2. The number of rotatable bonds is 5. The van der Waals surface area contributed by atoms with Gasteiger partial charge in [-0.25, -0.2) is 4.68 Å². The summed E-state index contributed by atoms with van der Waals surface area (Å²) in [6.07, 6.45) is 3.60. The van der Waals surface area contributed by atoms with E-state index < -0.39 is 0 Å². The number of carbonyl (C=O) groups is 1. The Bertz CT molecular complexity index is 784. The van der Waals surface area contributed by atoms with Gasteiger partial charge in [-0.1, -0.05) is 0 Å². The maximum absolute atomic E-state index is 11.9. The van der Waals surface area contributed by atoms with E-state index in [0.717, 1.165) is 18.5 Å². The number of hydrogen-bond donors (Lipinski definition) is 2. The van der Waals surface area contributed by atoms with Crippen LogP contribution < -0.4 is 16.4 Å². The minimum atomic E-state index is -0.303. The summed E-state index contributed by atoms with van der Waals surface area (Å²) in [4.78, 5) is 37.0. The minimum Gasteiger partial charge on any atom is -0.350 e. The number of aromatic amines is 1. The second-order valence-corrected chi connectivity index (χ2v) is 5.29. The summed E-state index contributed by atoms with van der Waals surface area (Å²) >= 11 is 0. The van der Waals surface area contributed by atoms with Crippen molar-refractivity contribution in [1.29, 1.82) is 0 Å². The van der Waals surface area contributed by atoms with Gasteiger partial charge in [0.25, 0.3) is 11.5 Å². The number of nitrogens with zero attached hydrogens (tertiary/aromatic N) is 2. The maximum Gasteiger partial charge on any atom is 0.266 e. The van der Waals surface area contributed by atoms with Crippen molar-refractivity contribution < 1.29 is 4.79 Å². The van der Waals surface area contributed by atoms with Gasteiger partial charge in [0.1, 0.15) is 0 Å². The lowest BCUT2D eigenvalue weighted by Gasteiger charge is -2.08. The Morgan fingerprint density at radius 3 is 2.77 bits per heavy atom. The van der Waals surface area contributed by atoms with Gasteiger partial charge in [0.2, 0.25) is 5.56 Å². The molecule has 0 aliphatic heterocycles. The molecular formula is C15H16N4O3. The molecule has 0 unspecified atom stereocenters. The molecule has 7 nitrogen and oxygen atoms in total. The van der Waals surface area contributed by atoms with Gasteiger partial charge in [-0.2, -0.15) is 5.10 Å². The maximum atomic E-state index is 11.9. The molecule has 22 heavy (non-hydrogen) atoms. The van der Waals surface area contributed by atoms with Crippen LogP contribution in [0.2, 0.25) is 0 Å². The molecule has 1 saturated carbocycles. The van der Waals surface area contributed by atoms with E-state index in [2.05, 4.69) is 15.4 Å². The third-order valence-corrected chi connectivity index (χ3v) is 3.54. The number of nitrogens with one attached hydrogen (secondary N) is 2. The zero-order valence-electron chi connectivity index (χ0n) is 11.9. The Kier molecular flexibility index (Phi) is 3.86. The SMILES string of the molecule is O=C(NCCn1nc(C2CC2)ccc1=O)c1ccc(=O)[nH]c1. The lowest BCUT2D eigenvalue weighted by Crippen LogP contribution is -2.32. The van der Waals surface area contributed by atoms with Crippen molar-refractivity contribution in [1.82, 2.24) is 20.1 Å². The summed E-state index contributed by atoms with van der Waals surface area (Å²) in [5.74, 6) is 0.172. The first-order valence-corrected chi connectivity index (χ1v) is 7.18. The van der Waals surface area contributed by atoms with E-state index in [-0.39, 0.29) is 17.0 Å². The van der Waals surface area contributed by atoms with E-state index in [4.69, 9.17) is 0 Å². The monoisotopic (exact) mass is 300 g/mol. The summed E-state index contributed by atoms with van der Waals surface area (Å²) in [7, 11) is 0. The number of hydrogen-bond acceptors (Lipinski definition) is 4. The van der Waals surface area contributed by atoms with Crippen LogP contribution in [0.5, 0.6) is 0 Å². The Balaban J connectivity index is 1.59. The molecule has 0 saturated heterocycles. The molecule has 1 fully saturated rings. The fourth-order valence-electron chi connectivity index (χ4n) is 2.15. The lowest BCUT2D eigenvalue weighted by atomic mass is 10.2. The summed E-state index contributed by atoms with van der Waals surface area (Å²) in [6, 6.07) is 6.03. The molecule has 1 amide bonds. The van der Waals surface area contributed by atoms with Gasteiger partial charge >= 0.3 is 0 Å². The molecule has 3 rings (SSSR count). The van der Waals surface area contributed by atoms with Crippen molar-refractivity contribution in [2.75, 3.05) is 6.54 Å². The van der Waals surface area contributed by atoms with Crippen LogP contribution in [0.25, 0.3) is 0 Å². The van der Waals surface area contributed by atoms with Gasteiger partial charge in [-0.15, -0.1) is 0 Å². The first-order chi connectivity index (χ1) is 10.6. The number of amides is 1. The van der Waals surface area contributed by atoms with Crippen LogP contribution in [0.1, 0.15) is 34.8 Å². The number of carbonyl (C=O) groups excluding carboxylic acids is 1. The summed E-state index contributed by atoms with van der Waals surface area (Å²) < 4.78 is 1.38. The number of pyridine rings is 1. The van der Waals surface area contributed by atoms with Gasteiger partial charge in [-0.3, -0.25) is 14.4 Å². The molecule has 0 aromatic carbocycles. The predicted molar refractivity (Wildman–Crippen MR) is 79.9 cm³/mol. The molecule has 1 aliphatic carbocycles. The van der Waals surface area contributed by atoms with Crippen molar-refractivity contribution in [3.8, 4) is 0 Å². The normalized spacial score (nSPS) is 13.8. The first kappa shape index (κ1) is 14.2. The zero-order valence-corrected chi connectivity index (χ0v) is 11.9. The smallest absolute Gasteiger partial charge is 0.266 e. The van der Waals surface area contributed by atoms with Crippen molar-refractivity contribution >= 4 is 5.91 Å².